The van der Waals surface area contributed by atoms with Crippen LogP contribution in [0.25, 0.3) is 0 Å². The predicted octanol–water partition coefficient (Wildman–Crippen LogP) is 2.69. The van der Waals surface area contributed by atoms with Gasteiger partial charge in [0, 0.05) is 6.54 Å². The first-order chi connectivity index (χ1) is 8.04. The maximum absolute atomic E-state index is 9.79. The Bertz CT molecular complexity index is 407. The quantitative estimate of drug-likeness (QED) is 0.820. The number of aliphatic hydroxyl groups is 1. The molecule has 0 saturated heterocycles. The highest BCUT2D eigenvalue weighted by Crippen LogP contribution is 2.19. The van der Waals surface area contributed by atoms with Crippen molar-refractivity contribution in [3.05, 3.63) is 29.3 Å². The fourth-order valence-corrected chi connectivity index (χ4v) is 1.84. The highest BCUT2D eigenvalue weighted by atomic mass is 16.3. The van der Waals surface area contributed by atoms with Gasteiger partial charge in [0.2, 0.25) is 0 Å². The second kappa shape index (κ2) is 6.27. The molecule has 0 aliphatic heterocycles. The van der Waals surface area contributed by atoms with E-state index in [1.54, 1.807) is 6.07 Å². The first-order valence-electron chi connectivity index (χ1n) is 5.96. The van der Waals surface area contributed by atoms with Crippen molar-refractivity contribution in [3.63, 3.8) is 0 Å². The molecule has 0 saturated carbocycles. The minimum Gasteiger partial charge on any atom is -0.391 e. The molecule has 0 heterocycles. The SMILES string of the molecule is Cc1cccc(C#N)c1NCC(O)CC(C)C. The Labute approximate surface area is 103 Å². The fourth-order valence-electron chi connectivity index (χ4n) is 1.84. The van der Waals surface area contributed by atoms with Crippen LogP contribution in [-0.4, -0.2) is 17.8 Å². The molecule has 3 heteroatoms. The number of nitrogens with zero attached hydrogens (tertiary/aromatic N) is 1. The summed E-state index contributed by atoms with van der Waals surface area (Å²) < 4.78 is 0. The summed E-state index contributed by atoms with van der Waals surface area (Å²) in [6.45, 7) is 6.60. The molecule has 2 N–H and O–H groups in total. The van der Waals surface area contributed by atoms with Crippen molar-refractivity contribution in [2.24, 2.45) is 5.92 Å². The van der Waals surface area contributed by atoms with Crippen LogP contribution in [-0.2, 0) is 0 Å². The van der Waals surface area contributed by atoms with Crippen molar-refractivity contribution in [2.75, 3.05) is 11.9 Å². The summed E-state index contributed by atoms with van der Waals surface area (Å²) in [7, 11) is 0. The van der Waals surface area contributed by atoms with E-state index in [1.165, 1.54) is 0 Å². The van der Waals surface area contributed by atoms with E-state index in [1.807, 2.05) is 19.1 Å². The number of nitriles is 1. The maximum atomic E-state index is 9.79. The lowest BCUT2D eigenvalue weighted by Gasteiger charge is -2.16. The summed E-state index contributed by atoms with van der Waals surface area (Å²) in [6, 6.07) is 7.76. The zero-order valence-corrected chi connectivity index (χ0v) is 10.7. The second-order valence-electron chi connectivity index (χ2n) is 4.77. The molecule has 92 valence electrons. The van der Waals surface area contributed by atoms with Crippen molar-refractivity contribution >= 4 is 5.69 Å². The van der Waals surface area contributed by atoms with Gasteiger partial charge in [0.25, 0.3) is 0 Å². The Balaban J connectivity index is 2.66. The third kappa shape index (κ3) is 4.08. The third-order valence-electron chi connectivity index (χ3n) is 2.65. The maximum Gasteiger partial charge on any atom is 0.101 e. The lowest BCUT2D eigenvalue weighted by Crippen LogP contribution is -2.22. The molecular weight excluding hydrogens is 212 g/mol. The highest BCUT2D eigenvalue weighted by Gasteiger charge is 2.09. The van der Waals surface area contributed by atoms with E-state index in [4.69, 9.17) is 5.26 Å². The predicted molar refractivity (Wildman–Crippen MR) is 69.8 cm³/mol. The van der Waals surface area contributed by atoms with Crippen LogP contribution in [0.1, 0.15) is 31.4 Å². The van der Waals surface area contributed by atoms with Gasteiger partial charge in [-0.3, -0.25) is 0 Å². The number of para-hydroxylation sites is 1. The zero-order chi connectivity index (χ0) is 12.8. The fraction of sp³-hybridized carbons (Fsp3) is 0.500. The number of aryl methyl sites for hydroxylation is 1. The summed E-state index contributed by atoms with van der Waals surface area (Å²) >= 11 is 0. The van der Waals surface area contributed by atoms with Crippen molar-refractivity contribution in [1.29, 1.82) is 5.26 Å². The molecular formula is C14H20N2O. The molecule has 0 aromatic heterocycles. The van der Waals surface area contributed by atoms with Gasteiger partial charge in [-0.05, 0) is 30.9 Å². The molecule has 0 aliphatic carbocycles. The average Bonchev–Trinajstić information content (AvgIpc) is 2.26. The van der Waals surface area contributed by atoms with E-state index >= 15 is 0 Å². The molecule has 0 spiro atoms. The summed E-state index contributed by atoms with van der Waals surface area (Å²) in [6.07, 6.45) is 0.391. The number of hydrogen-bond acceptors (Lipinski definition) is 3. The minimum atomic E-state index is -0.374. The van der Waals surface area contributed by atoms with E-state index in [2.05, 4.69) is 25.2 Å². The van der Waals surface area contributed by atoms with Gasteiger partial charge in [0.05, 0.1) is 17.4 Å². The van der Waals surface area contributed by atoms with Crippen LogP contribution in [0, 0.1) is 24.2 Å². The molecule has 0 radical (unpaired) electrons. The van der Waals surface area contributed by atoms with Crippen LogP contribution in [0.15, 0.2) is 18.2 Å². The van der Waals surface area contributed by atoms with Crippen LogP contribution in [0.3, 0.4) is 0 Å². The topological polar surface area (TPSA) is 56.0 Å². The van der Waals surface area contributed by atoms with E-state index in [0.717, 1.165) is 17.7 Å². The molecule has 1 aromatic carbocycles. The van der Waals surface area contributed by atoms with Crippen molar-refractivity contribution in [1.82, 2.24) is 0 Å². The lowest BCUT2D eigenvalue weighted by molar-refractivity contribution is 0.161. The molecule has 1 aromatic rings. The van der Waals surface area contributed by atoms with Gasteiger partial charge in [-0.1, -0.05) is 26.0 Å². The monoisotopic (exact) mass is 232 g/mol. The van der Waals surface area contributed by atoms with Crippen LogP contribution in [0.2, 0.25) is 0 Å². The van der Waals surface area contributed by atoms with Crippen LogP contribution in [0.5, 0.6) is 0 Å². The van der Waals surface area contributed by atoms with E-state index in [0.29, 0.717) is 18.0 Å². The van der Waals surface area contributed by atoms with Crippen molar-refractivity contribution < 1.29 is 5.11 Å². The Kier molecular flexibility index (Phi) is 4.99. The number of aliphatic hydroxyl groups excluding tert-OH is 1. The largest absolute Gasteiger partial charge is 0.391 e. The Morgan fingerprint density at radius 3 is 2.71 bits per heavy atom. The smallest absolute Gasteiger partial charge is 0.101 e. The molecule has 0 aliphatic rings. The number of hydrogen-bond donors (Lipinski definition) is 2. The average molecular weight is 232 g/mol. The molecule has 1 atom stereocenters. The van der Waals surface area contributed by atoms with Crippen molar-refractivity contribution in [2.45, 2.75) is 33.3 Å². The van der Waals surface area contributed by atoms with Crippen LogP contribution in [0.4, 0.5) is 5.69 Å². The molecule has 3 nitrogen and oxygen atoms in total. The summed E-state index contributed by atoms with van der Waals surface area (Å²) in [4.78, 5) is 0. The van der Waals surface area contributed by atoms with Crippen molar-refractivity contribution in [3.8, 4) is 6.07 Å². The molecule has 17 heavy (non-hydrogen) atoms. The second-order valence-corrected chi connectivity index (χ2v) is 4.77. The van der Waals surface area contributed by atoms with E-state index in [-0.39, 0.29) is 6.10 Å². The number of rotatable bonds is 5. The summed E-state index contributed by atoms with van der Waals surface area (Å²) in [5.41, 5.74) is 2.49. The molecule has 1 rings (SSSR count). The number of anilines is 1. The third-order valence-corrected chi connectivity index (χ3v) is 2.65. The van der Waals surface area contributed by atoms with Gasteiger partial charge in [-0.2, -0.15) is 5.26 Å². The summed E-state index contributed by atoms with van der Waals surface area (Å²) in [5, 5.41) is 22.0. The molecule has 0 fully saturated rings. The first kappa shape index (κ1) is 13.5. The highest BCUT2D eigenvalue weighted by molar-refractivity contribution is 5.62. The van der Waals surface area contributed by atoms with Crippen LogP contribution < -0.4 is 5.32 Å². The Hall–Kier alpha value is -1.53. The Morgan fingerprint density at radius 2 is 2.12 bits per heavy atom. The van der Waals surface area contributed by atoms with Gasteiger partial charge in [0.1, 0.15) is 6.07 Å². The van der Waals surface area contributed by atoms with Gasteiger partial charge in [-0.15, -0.1) is 0 Å². The van der Waals surface area contributed by atoms with E-state index in [9.17, 15) is 5.11 Å². The van der Waals surface area contributed by atoms with Gasteiger partial charge in [-0.25, -0.2) is 0 Å². The number of benzene rings is 1. The summed E-state index contributed by atoms with van der Waals surface area (Å²) in [5.74, 6) is 0.471. The van der Waals surface area contributed by atoms with Crippen LogP contribution >= 0.6 is 0 Å². The Morgan fingerprint density at radius 1 is 1.41 bits per heavy atom. The van der Waals surface area contributed by atoms with Gasteiger partial charge in [0.15, 0.2) is 0 Å². The molecule has 0 amide bonds. The normalized spacial score (nSPS) is 12.2. The molecule has 1 unspecified atom stereocenters. The lowest BCUT2D eigenvalue weighted by atomic mass is 10.1. The minimum absolute atomic E-state index is 0.374. The van der Waals surface area contributed by atoms with Gasteiger partial charge < -0.3 is 10.4 Å². The standard InChI is InChI=1S/C14H20N2O/c1-10(2)7-13(17)9-16-14-11(3)5-4-6-12(14)8-15/h4-6,10,13,16-17H,7,9H2,1-3H3. The molecule has 0 bridgehead atoms. The first-order valence-corrected chi connectivity index (χ1v) is 5.96. The van der Waals surface area contributed by atoms with Gasteiger partial charge >= 0.3 is 0 Å². The number of nitrogens with one attached hydrogen (secondary N) is 1. The zero-order valence-electron chi connectivity index (χ0n) is 10.7. The van der Waals surface area contributed by atoms with E-state index < -0.39 is 0 Å².